The molecule has 0 aliphatic carbocycles. The number of likely N-dealkylation sites (tertiary alicyclic amines) is 1. The number of hydrogen-bond donors (Lipinski definition) is 1. The van der Waals surface area contributed by atoms with E-state index in [0.717, 1.165) is 36.6 Å². The van der Waals surface area contributed by atoms with Crippen molar-refractivity contribution in [2.45, 2.75) is 31.4 Å². The second-order valence-corrected chi connectivity index (χ2v) is 6.02. The van der Waals surface area contributed by atoms with Gasteiger partial charge in [-0.2, -0.15) is 13.2 Å². The van der Waals surface area contributed by atoms with Gasteiger partial charge in [0.15, 0.2) is 0 Å². The van der Waals surface area contributed by atoms with Crippen LogP contribution in [0.1, 0.15) is 36.3 Å². The van der Waals surface area contributed by atoms with Crippen LogP contribution in [0.5, 0.6) is 0 Å². The summed E-state index contributed by atoms with van der Waals surface area (Å²) in [7, 11) is 0. The predicted octanol–water partition coefficient (Wildman–Crippen LogP) is 3.10. The number of nitrogens with zero attached hydrogens (tertiary/aromatic N) is 1. The highest BCUT2D eigenvalue weighted by Gasteiger charge is 2.30. The first-order valence-electron chi connectivity index (χ1n) is 8.16. The fourth-order valence-electron chi connectivity index (χ4n) is 2.93. The van der Waals surface area contributed by atoms with E-state index in [4.69, 9.17) is 0 Å². The maximum absolute atomic E-state index is 12.6. The van der Waals surface area contributed by atoms with Gasteiger partial charge >= 0.3 is 6.18 Å². The summed E-state index contributed by atoms with van der Waals surface area (Å²) < 4.78 is 37.8. The summed E-state index contributed by atoms with van der Waals surface area (Å²) in [4.78, 5) is 24.9. The van der Waals surface area contributed by atoms with Crippen LogP contribution in [0.3, 0.4) is 0 Å². The number of carbonyl (C=O) groups is 2. The lowest BCUT2D eigenvalue weighted by molar-refractivity contribution is -0.137. The Morgan fingerprint density at radius 2 is 1.80 bits per heavy atom. The average Bonchev–Trinajstić information content (AvgIpc) is 2.61. The van der Waals surface area contributed by atoms with Gasteiger partial charge in [0.05, 0.1) is 5.56 Å². The van der Waals surface area contributed by atoms with E-state index in [1.165, 1.54) is 12.1 Å². The fraction of sp³-hybridized carbons (Fsp3) is 0.444. The maximum atomic E-state index is 12.6. The van der Waals surface area contributed by atoms with Crippen LogP contribution in [0.2, 0.25) is 0 Å². The molecule has 4 nitrogen and oxygen atoms in total. The first-order valence-corrected chi connectivity index (χ1v) is 8.16. The Morgan fingerprint density at radius 1 is 1.20 bits per heavy atom. The molecule has 0 atom stereocenters. The molecule has 0 bridgehead atoms. The van der Waals surface area contributed by atoms with Crippen molar-refractivity contribution in [3.8, 4) is 0 Å². The summed E-state index contributed by atoms with van der Waals surface area (Å²) in [5.41, 5.74) is 0.226. The molecule has 1 aliphatic heterocycles. The zero-order chi connectivity index (χ0) is 18.4. The summed E-state index contributed by atoms with van der Waals surface area (Å²) in [6, 6.07) is 5.26. The second kappa shape index (κ2) is 8.18. The third-order valence-electron chi connectivity index (χ3n) is 4.38. The van der Waals surface area contributed by atoms with Gasteiger partial charge in [0, 0.05) is 26.1 Å². The third kappa shape index (κ3) is 5.34. The van der Waals surface area contributed by atoms with E-state index >= 15 is 0 Å². The molecule has 1 heterocycles. The molecule has 0 unspecified atom stereocenters. The molecular weight excluding hydrogens is 333 g/mol. The van der Waals surface area contributed by atoms with Crippen LogP contribution in [-0.2, 0) is 15.8 Å². The van der Waals surface area contributed by atoms with Crippen molar-refractivity contribution in [1.29, 1.82) is 0 Å². The normalized spacial score (nSPS) is 15.7. The van der Waals surface area contributed by atoms with E-state index in [-0.39, 0.29) is 30.7 Å². The summed E-state index contributed by atoms with van der Waals surface area (Å²) in [6.45, 7) is 4.74. The van der Waals surface area contributed by atoms with Crippen molar-refractivity contribution in [3.63, 3.8) is 0 Å². The minimum atomic E-state index is -4.32. The predicted molar refractivity (Wildman–Crippen MR) is 87.8 cm³/mol. The topological polar surface area (TPSA) is 49.4 Å². The number of benzene rings is 1. The molecule has 2 rings (SSSR count). The SMILES string of the molecule is C=CC(=O)NCCC(=O)N1CCC(c2ccc(C(F)(F)F)cc2)CC1. The van der Waals surface area contributed by atoms with E-state index in [0.29, 0.717) is 13.1 Å². The summed E-state index contributed by atoms with van der Waals surface area (Å²) in [6.07, 6.45) is -1.51. The van der Waals surface area contributed by atoms with Crippen LogP contribution in [0.15, 0.2) is 36.9 Å². The number of alkyl halides is 3. The van der Waals surface area contributed by atoms with Crippen molar-refractivity contribution in [2.24, 2.45) is 0 Å². The first-order chi connectivity index (χ1) is 11.8. The lowest BCUT2D eigenvalue weighted by Crippen LogP contribution is -2.39. The number of halogens is 3. The molecule has 25 heavy (non-hydrogen) atoms. The highest BCUT2D eigenvalue weighted by molar-refractivity contribution is 5.87. The lowest BCUT2D eigenvalue weighted by Gasteiger charge is -2.32. The van der Waals surface area contributed by atoms with Gasteiger partial charge in [-0.1, -0.05) is 18.7 Å². The molecule has 2 amide bonds. The largest absolute Gasteiger partial charge is 0.416 e. The number of piperidine rings is 1. The summed E-state index contributed by atoms with van der Waals surface area (Å²) >= 11 is 0. The van der Waals surface area contributed by atoms with Gasteiger partial charge in [0.1, 0.15) is 0 Å². The molecule has 136 valence electrons. The molecule has 0 aromatic heterocycles. The smallest absolute Gasteiger partial charge is 0.352 e. The molecule has 0 saturated carbocycles. The van der Waals surface area contributed by atoms with Crippen LogP contribution >= 0.6 is 0 Å². The lowest BCUT2D eigenvalue weighted by atomic mass is 9.89. The number of rotatable bonds is 5. The van der Waals surface area contributed by atoms with Crippen LogP contribution in [0.4, 0.5) is 13.2 Å². The third-order valence-corrected chi connectivity index (χ3v) is 4.38. The summed E-state index contributed by atoms with van der Waals surface area (Å²) in [5.74, 6) is -0.184. The van der Waals surface area contributed by atoms with Gasteiger partial charge in [0.25, 0.3) is 0 Å². The summed E-state index contributed by atoms with van der Waals surface area (Å²) in [5, 5.41) is 2.56. The minimum Gasteiger partial charge on any atom is -0.352 e. The molecule has 1 aliphatic rings. The quantitative estimate of drug-likeness (QED) is 0.826. The Labute approximate surface area is 144 Å². The molecule has 1 fully saturated rings. The van der Waals surface area contributed by atoms with Crippen molar-refractivity contribution in [1.82, 2.24) is 10.2 Å². The Bertz CT molecular complexity index is 618. The molecule has 0 spiro atoms. The van der Waals surface area contributed by atoms with E-state index in [2.05, 4.69) is 11.9 Å². The number of nitrogens with one attached hydrogen (secondary N) is 1. The van der Waals surface area contributed by atoms with Gasteiger partial charge < -0.3 is 10.2 Å². The zero-order valence-corrected chi connectivity index (χ0v) is 13.8. The van der Waals surface area contributed by atoms with Gasteiger partial charge in [-0.3, -0.25) is 9.59 Å². The van der Waals surface area contributed by atoms with Crippen LogP contribution in [0, 0.1) is 0 Å². The molecular formula is C18H21F3N2O2. The number of carbonyl (C=O) groups excluding carboxylic acids is 2. The molecule has 1 aromatic rings. The minimum absolute atomic E-state index is 0.0322. The standard InChI is InChI=1S/C18H21F3N2O2/c1-2-16(24)22-10-7-17(25)23-11-8-14(9-12-23)13-3-5-15(6-4-13)18(19,20)21/h2-6,14H,1,7-12H2,(H,22,24). The van der Waals surface area contributed by atoms with Crippen LogP contribution < -0.4 is 5.32 Å². The van der Waals surface area contributed by atoms with Gasteiger partial charge in [-0.05, 0) is 42.5 Å². The first kappa shape index (κ1) is 19.0. The van der Waals surface area contributed by atoms with Crippen molar-refractivity contribution in [2.75, 3.05) is 19.6 Å². The van der Waals surface area contributed by atoms with E-state index < -0.39 is 11.7 Å². The molecule has 1 aromatic carbocycles. The van der Waals surface area contributed by atoms with E-state index in [9.17, 15) is 22.8 Å². The van der Waals surface area contributed by atoms with Crippen molar-refractivity contribution in [3.05, 3.63) is 48.0 Å². The number of hydrogen-bond acceptors (Lipinski definition) is 2. The molecule has 1 saturated heterocycles. The fourth-order valence-corrected chi connectivity index (χ4v) is 2.93. The Morgan fingerprint density at radius 3 is 2.32 bits per heavy atom. The maximum Gasteiger partial charge on any atom is 0.416 e. The van der Waals surface area contributed by atoms with Crippen LogP contribution in [-0.4, -0.2) is 36.3 Å². The highest BCUT2D eigenvalue weighted by Crippen LogP contribution is 2.32. The average molecular weight is 354 g/mol. The van der Waals surface area contributed by atoms with E-state index in [1.807, 2.05) is 0 Å². The Kier molecular flexibility index (Phi) is 6.22. The molecule has 1 N–H and O–H groups in total. The van der Waals surface area contributed by atoms with Gasteiger partial charge in [0.2, 0.25) is 11.8 Å². The van der Waals surface area contributed by atoms with Gasteiger partial charge in [-0.25, -0.2) is 0 Å². The zero-order valence-electron chi connectivity index (χ0n) is 13.8. The second-order valence-electron chi connectivity index (χ2n) is 6.02. The Balaban J connectivity index is 1.82. The van der Waals surface area contributed by atoms with Gasteiger partial charge in [-0.15, -0.1) is 0 Å². The van der Waals surface area contributed by atoms with Crippen molar-refractivity contribution < 1.29 is 22.8 Å². The number of amides is 2. The van der Waals surface area contributed by atoms with Crippen LogP contribution in [0.25, 0.3) is 0 Å². The highest BCUT2D eigenvalue weighted by atomic mass is 19.4. The monoisotopic (exact) mass is 354 g/mol. The molecule has 7 heteroatoms. The Hall–Kier alpha value is -2.31. The van der Waals surface area contributed by atoms with E-state index in [1.54, 1.807) is 4.90 Å². The molecule has 0 radical (unpaired) electrons. The van der Waals surface area contributed by atoms with Crippen molar-refractivity contribution >= 4 is 11.8 Å².